The largest absolute Gasteiger partial charge is 0.384 e. The van der Waals surface area contributed by atoms with Gasteiger partial charge in [-0.25, -0.2) is 0 Å². The van der Waals surface area contributed by atoms with E-state index in [4.69, 9.17) is 5.11 Å². The van der Waals surface area contributed by atoms with Gasteiger partial charge < -0.3 is 9.67 Å². The van der Waals surface area contributed by atoms with Crippen LogP contribution in [0.1, 0.15) is 35.5 Å². The highest BCUT2D eigenvalue weighted by Crippen LogP contribution is 2.28. The summed E-state index contributed by atoms with van der Waals surface area (Å²) < 4.78 is 2.27. The third-order valence-corrected chi connectivity index (χ3v) is 5.55. The van der Waals surface area contributed by atoms with Gasteiger partial charge in [-0.1, -0.05) is 30.0 Å². The van der Waals surface area contributed by atoms with Crippen LogP contribution in [-0.4, -0.2) is 26.5 Å². The van der Waals surface area contributed by atoms with Crippen molar-refractivity contribution < 1.29 is 5.11 Å². The molecule has 1 aliphatic rings. The molecule has 0 radical (unpaired) electrons. The molecule has 0 aromatic carbocycles. The second-order valence-corrected chi connectivity index (χ2v) is 6.81. The monoisotopic (exact) mass is 319 g/mol. The van der Waals surface area contributed by atoms with Gasteiger partial charge in [-0.3, -0.25) is 0 Å². The predicted octanol–water partition coefficient (Wildman–Crippen LogP) is 2.70. The number of hydrogen-bond donors (Lipinski definition) is 1. The van der Waals surface area contributed by atoms with Gasteiger partial charge >= 0.3 is 0 Å². The molecule has 21 heavy (non-hydrogen) atoms. The Bertz CT molecular complexity index is 666. The minimum Gasteiger partial charge on any atom is -0.384 e. The Morgan fingerprint density at radius 3 is 3.19 bits per heavy atom. The molecule has 0 bridgehead atoms. The van der Waals surface area contributed by atoms with Gasteiger partial charge in [0.05, 0.1) is 0 Å². The van der Waals surface area contributed by atoms with Gasteiger partial charge in [0.1, 0.15) is 12.4 Å². The quantitative estimate of drug-likeness (QED) is 0.698. The average molecular weight is 319 g/mol. The van der Waals surface area contributed by atoms with E-state index in [1.165, 1.54) is 24.1 Å². The Kier molecular flexibility index (Phi) is 4.96. The molecule has 0 spiro atoms. The van der Waals surface area contributed by atoms with Crippen LogP contribution >= 0.6 is 23.1 Å². The zero-order chi connectivity index (χ0) is 14.5. The molecule has 0 saturated heterocycles. The molecule has 1 N–H and O–H groups in total. The summed E-state index contributed by atoms with van der Waals surface area (Å²) in [6.45, 7) is 0.937. The fourth-order valence-electron chi connectivity index (χ4n) is 2.39. The SMILES string of the molecule is OCC#Cc1ccsc1CSc1nnc2n1CCCCC2. The minimum atomic E-state index is -0.0971. The number of thiophene rings is 1. The van der Waals surface area contributed by atoms with Gasteiger partial charge in [-0.2, -0.15) is 0 Å². The number of rotatable bonds is 3. The third-order valence-electron chi connectivity index (χ3n) is 3.46. The first-order valence-corrected chi connectivity index (χ1v) is 8.96. The molecule has 3 rings (SSSR count). The fourth-order valence-corrected chi connectivity index (χ4v) is 4.32. The summed E-state index contributed by atoms with van der Waals surface area (Å²) in [4.78, 5) is 1.23. The molecule has 2 aromatic heterocycles. The van der Waals surface area contributed by atoms with Gasteiger partial charge in [0.25, 0.3) is 0 Å². The Balaban J connectivity index is 1.71. The number of aliphatic hydroxyl groups is 1. The Morgan fingerprint density at radius 1 is 1.33 bits per heavy atom. The molecule has 0 saturated carbocycles. The number of aliphatic hydroxyl groups excluding tert-OH is 1. The van der Waals surface area contributed by atoms with E-state index in [0.29, 0.717) is 0 Å². The lowest BCUT2D eigenvalue weighted by atomic mass is 10.2. The topological polar surface area (TPSA) is 50.9 Å². The van der Waals surface area contributed by atoms with Crippen molar-refractivity contribution in [3.63, 3.8) is 0 Å². The molecule has 6 heteroatoms. The average Bonchev–Trinajstić information content (AvgIpc) is 3.03. The number of aromatic nitrogens is 3. The standard InChI is InChI=1S/C15H17N3OS2/c19-9-4-5-12-7-10-20-13(12)11-21-15-17-16-14-6-2-1-3-8-18(14)15/h7,10,19H,1-3,6,8-9,11H2. The lowest BCUT2D eigenvalue weighted by Gasteiger charge is -2.05. The molecule has 0 aliphatic carbocycles. The molecule has 2 aromatic rings. The summed E-state index contributed by atoms with van der Waals surface area (Å²) in [6.07, 6.45) is 4.75. The van der Waals surface area contributed by atoms with Crippen molar-refractivity contribution in [3.05, 3.63) is 27.7 Å². The molecule has 110 valence electrons. The second kappa shape index (κ2) is 7.12. The maximum atomic E-state index is 8.80. The van der Waals surface area contributed by atoms with Crippen molar-refractivity contribution >= 4 is 23.1 Å². The zero-order valence-corrected chi connectivity index (χ0v) is 13.3. The minimum absolute atomic E-state index is 0.0971. The normalized spacial score (nSPS) is 14.1. The van der Waals surface area contributed by atoms with E-state index < -0.39 is 0 Å². The summed E-state index contributed by atoms with van der Waals surface area (Å²) in [7, 11) is 0. The van der Waals surface area contributed by atoms with Crippen molar-refractivity contribution in [1.29, 1.82) is 0 Å². The van der Waals surface area contributed by atoms with Crippen LogP contribution in [0.4, 0.5) is 0 Å². The lowest BCUT2D eigenvalue weighted by molar-refractivity contribution is 0.350. The van der Waals surface area contributed by atoms with Crippen LogP contribution in [0.25, 0.3) is 0 Å². The molecule has 0 fully saturated rings. The number of aryl methyl sites for hydroxylation is 1. The first kappa shape index (κ1) is 14.6. The number of hydrogen-bond acceptors (Lipinski definition) is 5. The van der Waals surface area contributed by atoms with E-state index in [9.17, 15) is 0 Å². The Morgan fingerprint density at radius 2 is 2.29 bits per heavy atom. The maximum Gasteiger partial charge on any atom is 0.191 e. The highest BCUT2D eigenvalue weighted by Gasteiger charge is 2.15. The van der Waals surface area contributed by atoms with Crippen LogP contribution in [0.2, 0.25) is 0 Å². The lowest BCUT2D eigenvalue weighted by Crippen LogP contribution is -2.02. The van der Waals surface area contributed by atoms with Crippen LogP contribution in [0.15, 0.2) is 16.6 Å². The van der Waals surface area contributed by atoms with E-state index in [1.54, 1.807) is 23.1 Å². The van der Waals surface area contributed by atoms with Gasteiger partial charge in [-0.05, 0) is 24.3 Å². The third kappa shape index (κ3) is 3.49. The summed E-state index contributed by atoms with van der Waals surface area (Å²) in [5, 5.41) is 20.5. The predicted molar refractivity (Wildman–Crippen MR) is 85.4 cm³/mol. The number of nitrogens with zero attached hydrogens (tertiary/aromatic N) is 3. The van der Waals surface area contributed by atoms with E-state index in [0.717, 1.165) is 35.3 Å². The highest BCUT2D eigenvalue weighted by molar-refractivity contribution is 7.98. The summed E-state index contributed by atoms with van der Waals surface area (Å²) in [5.41, 5.74) is 1.01. The van der Waals surface area contributed by atoms with E-state index in [2.05, 4.69) is 26.6 Å². The summed E-state index contributed by atoms with van der Waals surface area (Å²) in [6, 6.07) is 2.01. The number of fused-ring (bicyclic) bond motifs is 1. The van der Waals surface area contributed by atoms with Crippen molar-refractivity contribution in [3.8, 4) is 11.8 Å². The van der Waals surface area contributed by atoms with E-state index >= 15 is 0 Å². The summed E-state index contributed by atoms with van der Waals surface area (Å²) >= 11 is 3.43. The molecule has 1 aliphatic heterocycles. The summed E-state index contributed by atoms with van der Waals surface area (Å²) in [5.74, 6) is 7.69. The second-order valence-electron chi connectivity index (χ2n) is 4.87. The van der Waals surface area contributed by atoms with Crippen molar-refractivity contribution in [2.75, 3.05) is 6.61 Å². The maximum absolute atomic E-state index is 8.80. The van der Waals surface area contributed by atoms with Crippen LogP contribution < -0.4 is 0 Å². The van der Waals surface area contributed by atoms with Crippen LogP contribution in [0.3, 0.4) is 0 Å². The van der Waals surface area contributed by atoms with Crippen LogP contribution in [0.5, 0.6) is 0 Å². The molecular weight excluding hydrogens is 302 g/mol. The first-order valence-electron chi connectivity index (χ1n) is 7.09. The van der Waals surface area contributed by atoms with Crippen LogP contribution in [0, 0.1) is 11.8 Å². The molecule has 0 atom stereocenters. The molecule has 4 nitrogen and oxygen atoms in total. The molecule has 3 heterocycles. The molecule has 0 amide bonds. The first-order chi connectivity index (χ1) is 10.4. The van der Waals surface area contributed by atoms with Gasteiger partial charge in [0.15, 0.2) is 5.16 Å². The van der Waals surface area contributed by atoms with E-state index in [1.807, 2.05) is 11.4 Å². The Hall–Kier alpha value is -1.29. The highest BCUT2D eigenvalue weighted by atomic mass is 32.2. The smallest absolute Gasteiger partial charge is 0.191 e. The van der Waals surface area contributed by atoms with E-state index in [-0.39, 0.29) is 6.61 Å². The Labute approximate surface area is 132 Å². The van der Waals surface area contributed by atoms with Crippen molar-refractivity contribution in [2.45, 2.75) is 43.1 Å². The zero-order valence-electron chi connectivity index (χ0n) is 11.7. The van der Waals surface area contributed by atoms with Crippen molar-refractivity contribution in [2.24, 2.45) is 0 Å². The van der Waals surface area contributed by atoms with Crippen molar-refractivity contribution in [1.82, 2.24) is 14.8 Å². The fraction of sp³-hybridized carbons (Fsp3) is 0.467. The number of thioether (sulfide) groups is 1. The van der Waals surface area contributed by atoms with Gasteiger partial charge in [0.2, 0.25) is 0 Å². The molecule has 0 unspecified atom stereocenters. The van der Waals surface area contributed by atoms with Crippen LogP contribution in [-0.2, 0) is 18.7 Å². The van der Waals surface area contributed by atoms with Gasteiger partial charge in [0, 0.05) is 29.2 Å². The van der Waals surface area contributed by atoms with Gasteiger partial charge in [-0.15, -0.1) is 21.5 Å². The molecular formula is C15H17N3OS2.